The third-order valence-electron chi connectivity index (χ3n) is 1.50. The predicted molar refractivity (Wildman–Crippen MR) is 39.6 cm³/mol. The summed E-state index contributed by atoms with van der Waals surface area (Å²) in [5.74, 6) is 0.775. The van der Waals surface area contributed by atoms with Gasteiger partial charge in [-0.2, -0.15) is 0 Å². The first-order valence-electron chi connectivity index (χ1n) is 3.05. The van der Waals surface area contributed by atoms with Crippen LogP contribution in [0.5, 0.6) is 0 Å². The minimum Gasteiger partial charge on any atom is -0.482 e. The van der Waals surface area contributed by atoms with Crippen LogP contribution in [0.3, 0.4) is 0 Å². The van der Waals surface area contributed by atoms with Gasteiger partial charge in [0.05, 0.1) is 12.0 Å². The molecule has 0 amide bonds. The molecule has 0 aromatic heterocycles. The molecule has 1 saturated heterocycles. The van der Waals surface area contributed by atoms with E-state index in [1.54, 1.807) is 24.1 Å². The average molecular weight is 154 g/mol. The summed E-state index contributed by atoms with van der Waals surface area (Å²) in [6.45, 7) is 0. The van der Waals surface area contributed by atoms with Crippen LogP contribution >= 0.6 is 11.8 Å². The fraction of sp³-hybridized carbons (Fsp3) is 0.286. The van der Waals surface area contributed by atoms with Crippen molar-refractivity contribution >= 4 is 17.5 Å². The van der Waals surface area contributed by atoms with E-state index in [1.165, 1.54) is 0 Å². The topological polar surface area (TPSA) is 26.3 Å². The summed E-state index contributed by atoms with van der Waals surface area (Å²) in [7, 11) is 0. The first-order valence-corrected chi connectivity index (χ1v) is 4.10. The second kappa shape index (κ2) is 2.16. The number of hydrogen-bond donors (Lipinski definition) is 0. The van der Waals surface area contributed by atoms with Gasteiger partial charge in [0.15, 0.2) is 11.2 Å². The van der Waals surface area contributed by atoms with Gasteiger partial charge in [0.2, 0.25) is 0 Å². The van der Waals surface area contributed by atoms with Gasteiger partial charge in [0.1, 0.15) is 0 Å². The zero-order valence-corrected chi connectivity index (χ0v) is 6.06. The number of rotatable bonds is 0. The number of Topliss-reactive ketones (excluding diaryl/α,β-unsaturated/α-hetero) is 1. The number of hydrogen-bond acceptors (Lipinski definition) is 3. The van der Waals surface area contributed by atoms with Crippen LogP contribution in [0.2, 0.25) is 0 Å². The summed E-state index contributed by atoms with van der Waals surface area (Å²) in [4.78, 5) is 11.0. The summed E-state index contributed by atoms with van der Waals surface area (Å²) in [6.07, 6.45) is 5.21. The van der Waals surface area contributed by atoms with Gasteiger partial charge in [-0.3, -0.25) is 4.79 Å². The van der Waals surface area contributed by atoms with Crippen molar-refractivity contribution in [2.24, 2.45) is 0 Å². The van der Waals surface area contributed by atoms with Crippen LogP contribution < -0.4 is 0 Å². The lowest BCUT2D eigenvalue weighted by Crippen LogP contribution is -2.09. The maximum atomic E-state index is 11.0. The maximum absolute atomic E-state index is 11.0. The largest absolute Gasteiger partial charge is 0.482 e. The Hall–Kier alpha value is -0.700. The number of ether oxygens (including phenoxy) is 1. The Kier molecular flexibility index (Phi) is 1.31. The molecule has 1 fully saturated rings. The summed E-state index contributed by atoms with van der Waals surface area (Å²) >= 11 is 1.54. The van der Waals surface area contributed by atoms with Crippen molar-refractivity contribution in [3.8, 4) is 0 Å². The van der Waals surface area contributed by atoms with Gasteiger partial charge in [0, 0.05) is 5.57 Å². The minimum absolute atomic E-state index is 0.0162. The van der Waals surface area contributed by atoms with Gasteiger partial charge < -0.3 is 4.74 Å². The van der Waals surface area contributed by atoms with E-state index < -0.39 is 0 Å². The Bertz CT molecular complexity index is 230. The molecule has 0 radical (unpaired) electrons. The van der Waals surface area contributed by atoms with Crippen molar-refractivity contribution < 1.29 is 9.53 Å². The van der Waals surface area contributed by atoms with Crippen LogP contribution in [-0.4, -0.2) is 17.0 Å². The maximum Gasteiger partial charge on any atom is 0.173 e. The van der Waals surface area contributed by atoms with E-state index in [0.29, 0.717) is 5.75 Å². The molecule has 10 heavy (non-hydrogen) atoms. The Labute approximate surface area is 62.9 Å². The molecular formula is C7H6O2S. The Morgan fingerprint density at radius 2 is 2.60 bits per heavy atom. The molecule has 2 aliphatic rings. The number of carbonyl (C=O) groups is 1. The summed E-state index contributed by atoms with van der Waals surface area (Å²) in [5.41, 5.74) is 0.796. The van der Waals surface area contributed by atoms with Gasteiger partial charge in [-0.1, -0.05) is 0 Å². The van der Waals surface area contributed by atoms with E-state index in [-0.39, 0.29) is 11.2 Å². The highest BCUT2D eigenvalue weighted by atomic mass is 32.2. The van der Waals surface area contributed by atoms with Gasteiger partial charge in [-0.25, -0.2) is 0 Å². The molecule has 2 aliphatic heterocycles. The Morgan fingerprint density at radius 3 is 3.40 bits per heavy atom. The van der Waals surface area contributed by atoms with Crippen molar-refractivity contribution in [2.45, 2.75) is 5.44 Å². The highest BCUT2D eigenvalue weighted by Gasteiger charge is 2.30. The van der Waals surface area contributed by atoms with E-state index in [1.807, 2.05) is 6.08 Å². The van der Waals surface area contributed by atoms with Crippen molar-refractivity contribution in [3.05, 3.63) is 24.0 Å². The van der Waals surface area contributed by atoms with Crippen molar-refractivity contribution in [1.29, 1.82) is 0 Å². The molecule has 2 nitrogen and oxygen atoms in total. The lowest BCUT2D eigenvalue weighted by Gasteiger charge is -2.11. The first kappa shape index (κ1) is 6.04. The molecule has 1 atom stereocenters. The quantitative estimate of drug-likeness (QED) is 0.522. The molecule has 0 aliphatic carbocycles. The number of carbonyl (C=O) groups excluding carboxylic acids is 1. The van der Waals surface area contributed by atoms with Crippen molar-refractivity contribution in [2.75, 3.05) is 5.75 Å². The van der Waals surface area contributed by atoms with Crippen molar-refractivity contribution in [1.82, 2.24) is 0 Å². The second-order valence-electron chi connectivity index (χ2n) is 2.15. The van der Waals surface area contributed by atoms with E-state index in [2.05, 4.69) is 0 Å². The molecule has 0 aromatic carbocycles. The molecule has 0 aromatic rings. The molecule has 0 bridgehead atoms. The number of allylic oxidation sites excluding steroid dienone is 2. The van der Waals surface area contributed by atoms with E-state index in [4.69, 9.17) is 4.74 Å². The molecular weight excluding hydrogens is 148 g/mol. The van der Waals surface area contributed by atoms with Crippen LogP contribution in [0.4, 0.5) is 0 Å². The van der Waals surface area contributed by atoms with E-state index in [0.717, 1.165) is 5.57 Å². The Balaban J connectivity index is 2.33. The molecule has 52 valence electrons. The highest BCUT2D eigenvalue weighted by molar-refractivity contribution is 8.01. The lowest BCUT2D eigenvalue weighted by atomic mass is 10.2. The fourth-order valence-corrected chi connectivity index (χ4v) is 2.00. The second-order valence-corrected chi connectivity index (χ2v) is 3.20. The Morgan fingerprint density at radius 1 is 1.70 bits per heavy atom. The molecule has 0 saturated carbocycles. The van der Waals surface area contributed by atoms with Crippen LogP contribution in [0.15, 0.2) is 24.0 Å². The van der Waals surface area contributed by atoms with E-state index in [9.17, 15) is 4.79 Å². The van der Waals surface area contributed by atoms with Crippen LogP contribution in [0, 0.1) is 0 Å². The van der Waals surface area contributed by atoms with Gasteiger partial charge in [0.25, 0.3) is 0 Å². The molecule has 2 rings (SSSR count). The number of fused-ring (bicyclic) bond motifs is 1. The van der Waals surface area contributed by atoms with Gasteiger partial charge in [-0.05, 0) is 12.2 Å². The smallest absolute Gasteiger partial charge is 0.173 e. The van der Waals surface area contributed by atoms with Gasteiger partial charge in [-0.15, -0.1) is 11.8 Å². The zero-order chi connectivity index (χ0) is 6.97. The predicted octanol–water partition coefficient (Wildman–Crippen LogP) is 1.10. The average Bonchev–Trinajstić information content (AvgIpc) is 2.34. The van der Waals surface area contributed by atoms with Crippen LogP contribution in [-0.2, 0) is 9.53 Å². The number of thioether (sulfide) groups is 1. The molecule has 0 N–H and O–H groups in total. The summed E-state index contributed by atoms with van der Waals surface area (Å²) < 4.78 is 5.17. The number of ketones is 1. The third kappa shape index (κ3) is 0.778. The molecule has 3 heteroatoms. The monoisotopic (exact) mass is 154 g/mol. The molecule has 0 spiro atoms. The first-order chi connectivity index (χ1) is 4.88. The minimum atomic E-state index is -0.0162. The fourth-order valence-electron chi connectivity index (χ4n) is 1.000. The SMILES string of the molecule is O=C1CSC2OC=CC=C12. The van der Waals surface area contributed by atoms with Crippen molar-refractivity contribution in [3.63, 3.8) is 0 Å². The molecule has 1 unspecified atom stereocenters. The summed E-state index contributed by atoms with van der Waals surface area (Å²) in [6, 6.07) is 0. The third-order valence-corrected chi connectivity index (χ3v) is 2.59. The van der Waals surface area contributed by atoms with Crippen LogP contribution in [0.1, 0.15) is 0 Å². The molecule has 2 heterocycles. The lowest BCUT2D eigenvalue weighted by molar-refractivity contribution is -0.113. The van der Waals surface area contributed by atoms with Crippen LogP contribution in [0.25, 0.3) is 0 Å². The summed E-state index contributed by atoms with van der Waals surface area (Å²) in [5, 5.41) is 0. The van der Waals surface area contributed by atoms with E-state index >= 15 is 0 Å². The zero-order valence-electron chi connectivity index (χ0n) is 5.24. The standard InChI is InChI=1S/C7H6O2S/c8-6-4-10-7-5(6)2-1-3-9-7/h1-3,7H,4H2. The highest BCUT2D eigenvalue weighted by Crippen LogP contribution is 2.31. The van der Waals surface area contributed by atoms with Gasteiger partial charge >= 0.3 is 0 Å². The normalized spacial score (nSPS) is 29.4.